The predicted octanol–water partition coefficient (Wildman–Crippen LogP) is 3.38. The fourth-order valence-electron chi connectivity index (χ4n) is 1.97. The standard InChI is InChI=1S/C16H14ClN5O/c17-10-19-14(18)11-6-8-13(9-7-11)20-16-22-21-15(23-16)12-4-2-1-3-5-12/h1-9H,10H2,(H2,18,19)(H,20,22). The van der Waals surface area contributed by atoms with Gasteiger partial charge in [0.05, 0.1) is 0 Å². The lowest BCUT2D eigenvalue weighted by Crippen LogP contribution is -2.13. The highest BCUT2D eigenvalue weighted by atomic mass is 35.5. The first-order chi connectivity index (χ1) is 11.3. The van der Waals surface area contributed by atoms with Crippen LogP contribution in [0.5, 0.6) is 0 Å². The SMILES string of the molecule is N/C(=N\CCl)c1ccc(Nc2nnc(-c3ccccc3)o2)cc1. The van der Waals surface area contributed by atoms with E-state index in [1.807, 2.05) is 54.6 Å². The van der Waals surface area contributed by atoms with Crippen molar-refractivity contribution in [3.05, 3.63) is 60.2 Å². The van der Waals surface area contributed by atoms with Crippen LogP contribution in [-0.4, -0.2) is 22.0 Å². The smallest absolute Gasteiger partial charge is 0.320 e. The van der Waals surface area contributed by atoms with Crippen LogP contribution in [0, 0.1) is 0 Å². The molecule has 3 N–H and O–H groups in total. The minimum atomic E-state index is 0.135. The lowest BCUT2D eigenvalue weighted by molar-refractivity contribution is 0.587. The Kier molecular flexibility index (Phi) is 4.54. The monoisotopic (exact) mass is 327 g/mol. The van der Waals surface area contributed by atoms with Gasteiger partial charge in [-0.15, -0.1) is 16.7 Å². The largest absolute Gasteiger partial charge is 0.403 e. The Balaban J connectivity index is 1.73. The van der Waals surface area contributed by atoms with Crippen molar-refractivity contribution in [3.63, 3.8) is 0 Å². The highest BCUT2D eigenvalue weighted by Gasteiger charge is 2.08. The molecule has 0 fully saturated rings. The molecule has 1 aromatic heterocycles. The number of alkyl halides is 1. The third-order valence-electron chi connectivity index (χ3n) is 3.11. The van der Waals surface area contributed by atoms with Crippen molar-refractivity contribution in [2.24, 2.45) is 10.7 Å². The summed E-state index contributed by atoms with van der Waals surface area (Å²) in [6.07, 6.45) is 0. The number of hydrogen-bond acceptors (Lipinski definition) is 5. The van der Waals surface area contributed by atoms with E-state index in [1.54, 1.807) is 0 Å². The molecule has 3 aromatic rings. The Labute approximate surface area is 138 Å². The summed E-state index contributed by atoms with van der Waals surface area (Å²) in [5.74, 6) is 0.860. The quantitative estimate of drug-likeness (QED) is 0.324. The highest BCUT2D eigenvalue weighted by molar-refractivity contribution is 6.18. The van der Waals surface area contributed by atoms with Gasteiger partial charge in [-0.1, -0.05) is 23.3 Å². The van der Waals surface area contributed by atoms with Crippen LogP contribution in [0.1, 0.15) is 5.56 Å². The van der Waals surface area contributed by atoms with Crippen LogP contribution in [0.2, 0.25) is 0 Å². The Hall–Kier alpha value is -2.86. The minimum absolute atomic E-state index is 0.135. The number of benzene rings is 2. The molecule has 23 heavy (non-hydrogen) atoms. The third-order valence-corrected chi connectivity index (χ3v) is 3.23. The van der Waals surface area contributed by atoms with E-state index in [0.717, 1.165) is 16.8 Å². The second-order valence-electron chi connectivity index (χ2n) is 4.64. The van der Waals surface area contributed by atoms with Gasteiger partial charge in [-0.3, -0.25) is 4.99 Å². The Bertz CT molecular complexity index is 799. The van der Waals surface area contributed by atoms with Crippen molar-refractivity contribution >= 4 is 29.1 Å². The maximum Gasteiger partial charge on any atom is 0.320 e. The molecular formula is C16H14ClN5O. The summed E-state index contributed by atoms with van der Waals surface area (Å²) in [5.41, 5.74) is 8.25. The summed E-state index contributed by atoms with van der Waals surface area (Å²) >= 11 is 5.53. The van der Waals surface area contributed by atoms with Gasteiger partial charge in [0.25, 0.3) is 0 Å². The number of anilines is 2. The lowest BCUT2D eigenvalue weighted by atomic mass is 10.2. The molecule has 0 saturated heterocycles. The summed E-state index contributed by atoms with van der Waals surface area (Å²) in [6.45, 7) is 0. The number of aromatic nitrogens is 2. The maximum absolute atomic E-state index is 5.78. The Morgan fingerprint density at radius 2 is 1.83 bits per heavy atom. The molecular weight excluding hydrogens is 314 g/mol. The molecule has 0 atom stereocenters. The zero-order valence-corrected chi connectivity index (χ0v) is 12.9. The van der Waals surface area contributed by atoms with Gasteiger partial charge in [-0.05, 0) is 36.4 Å². The van der Waals surface area contributed by atoms with Crippen LogP contribution in [0.15, 0.2) is 64.0 Å². The van der Waals surface area contributed by atoms with Crippen molar-refractivity contribution in [2.75, 3.05) is 11.3 Å². The first kappa shape index (κ1) is 15.1. The van der Waals surface area contributed by atoms with Crippen molar-refractivity contribution in [1.29, 1.82) is 0 Å². The van der Waals surface area contributed by atoms with E-state index in [0.29, 0.717) is 17.7 Å². The topological polar surface area (TPSA) is 89.3 Å². The van der Waals surface area contributed by atoms with E-state index in [9.17, 15) is 0 Å². The molecule has 0 spiro atoms. The van der Waals surface area contributed by atoms with Crippen LogP contribution in [-0.2, 0) is 0 Å². The molecule has 0 amide bonds. The van der Waals surface area contributed by atoms with Crippen LogP contribution in [0.4, 0.5) is 11.7 Å². The first-order valence-corrected chi connectivity index (χ1v) is 7.42. The van der Waals surface area contributed by atoms with E-state index in [1.165, 1.54) is 0 Å². The van der Waals surface area contributed by atoms with Crippen molar-refractivity contribution < 1.29 is 4.42 Å². The number of nitrogens with zero attached hydrogens (tertiary/aromatic N) is 3. The molecule has 0 unspecified atom stereocenters. The molecule has 0 bridgehead atoms. The molecule has 116 valence electrons. The van der Waals surface area contributed by atoms with Crippen molar-refractivity contribution in [1.82, 2.24) is 10.2 Å². The van der Waals surface area contributed by atoms with Crippen LogP contribution < -0.4 is 11.1 Å². The highest BCUT2D eigenvalue weighted by Crippen LogP contribution is 2.21. The van der Waals surface area contributed by atoms with Gasteiger partial charge in [0, 0.05) is 16.8 Å². The minimum Gasteiger partial charge on any atom is -0.403 e. The number of amidine groups is 1. The van der Waals surface area contributed by atoms with E-state index in [-0.39, 0.29) is 6.00 Å². The summed E-state index contributed by atoms with van der Waals surface area (Å²) in [7, 11) is 0. The lowest BCUT2D eigenvalue weighted by Gasteiger charge is -2.03. The number of nitrogens with two attached hydrogens (primary N) is 1. The van der Waals surface area contributed by atoms with Crippen molar-refractivity contribution in [2.45, 2.75) is 0 Å². The molecule has 6 nitrogen and oxygen atoms in total. The summed E-state index contributed by atoms with van der Waals surface area (Å²) < 4.78 is 5.59. The number of hydrogen-bond donors (Lipinski definition) is 2. The van der Waals surface area contributed by atoms with Gasteiger partial charge < -0.3 is 15.5 Å². The molecule has 2 aromatic carbocycles. The van der Waals surface area contributed by atoms with Crippen LogP contribution in [0.25, 0.3) is 11.5 Å². The van der Waals surface area contributed by atoms with Gasteiger partial charge in [0.15, 0.2) is 0 Å². The fourth-order valence-corrected chi connectivity index (χ4v) is 2.10. The maximum atomic E-state index is 5.78. The first-order valence-electron chi connectivity index (χ1n) is 6.88. The Morgan fingerprint density at radius 1 is 1.09 bits per heavy atom. The molecule has 3 rings (SSSR count). The van der Waals surface area contributed by atoms with Crippen LogP contribution in [0.3, 0.4) is 0 Å². The number of nitrogens with one attached hydrogen (secondary N) is 1. The molecule has 7 heteroatoms. The summed E-state index contributed by atoms with van der Waals surface area (Å²) in [6, 6.07) is 17.4. The molecule has 0 saturated carbocycles. The van der Waals surface area contributed by atoms with Crippen LogP contribution >= 0.6 is 11.6 Å². The molecule has 0 aliphatic heterocycles. The molecule has 1 heterocycles. The summed E-state index contributed by atoms with van der Waals surface area (Å²) in [5, 5.41) is 11.0. The van der Waals surface area contributed by atoms with E-state index < -0.39 is 0 Å². The van der Waals surface area contributed by atoms with Gasteiger partial charge >= 0.3 is 6.01 Å². The van der Waals surface area contributed by atoms with E-state index >= 15 is 0 Å². The van der Waals surface area contributed by atoms with E-state index in [4.69, 9.17) is 21.8 Å². The molecule has 0 radical (unpaired) electrons. The molecule has 0 aliphatic rings. The predicted molar refractivity (Wildman–Crippen MR) is 90.9 cm³/mol. The van der Waals surface area contributed by atoms with Gasteiger partial charge in [-0.2, -0.15) is 0 Å². The van der Waals surface area contributed by atoms with Crippen molar-refractivity contribution in [3.8, 4) is 11.5 Å². The fraction of sp³-hybridized carbons (Fsp3) is 0.0625. The molecule has 0 aliphatic carbocycles. The van der Waals surface area contributed by atoms with Gasteiger partial charge in [0.1, 0.15) is 11.8 Å². The third kappa shape index (κ3) is 3.67. The average molecular weight is 328 g/mol. The second kappa shape index (κ2) is 6.93. The number of aliphatic imine (C=N–C) groups is 1. The van der Waals surface area contributed by atoms with Gasteiger partial charge in [-0.25, -0.2) is 0 Å². The number of rotatable bonds is 5. The Morgan fingerprint density at radius 3 is 2.52 bits per heavy atom. The summed E-state index contributed by atoms with van der Waals surface area (Å²) in [4.78, 5) is 3.94. The van der Waals surface area contributed by atoms with E-state index in [2.05, 4.69) is 20.5 Å². The van der Waals surface area contributed by atoms with Gasteiger partial charge in [0.2, 0.25) is 5.89 Å². The number of halogens is 1. The zero-order valence-electron chi connectivity index (χ0n) is 12.1. The normalized spacial score (nSPS) is 11.4. The average Bonchev–Trinajstić information content (AvgIpc) is 3.05. The zero-order chi connectivity index (χ0) is 16.1. The second-order valence-corrected chi connectivity index (χ2v) is 4.88.